The van der Waals surface area contributed by atoms with E-state index in [0.29, 0.717) is 24.2 Å². The maximum absolute atomic E-state index is 12.7. The van der Waals surface area contributed by atoms with Gasteiger partial charge in [0.1, 0.15) is 0 Å². The number of carbonyl (C=O) groups is 1. The first kappa shape index (κ1) is 19.2. The number of hydrogen-bond donors (Lipinski definition) is 0. The van der Waals surface area contributed by atoms with Gasteiger partial charge in [0.25, 0.3) is 5.89 Å². The first-order chi connectivity index (χ1) is 14.8. The molecule has 2 heterocycles. The van der Waals surface area contributed by atoms with E-state index in [-0.39, 0.29) is 5.92 Å². The zero-order chi connectivity index (χ0) is 20.3. The molecule has 1 saturated carbocycles. The number of fused-ring (bicyclic) bond motifs is 1. The van der Waals surface area contributed by atoms with Gasteiger partial charge >= 0.3 is 0 Å². The van der Waals surface area contributed by atoms with Crippen LogP contribution in [0.3, 0.4) is 0 Å². The quantitative estimate of drug-likeness (QED) is 0.655. The molecule has 0 N–H and O–H groups in total. The molecule has 1 aliphatic carbocycles. The molecule has 1 saturated heterocycles. The van der Waals surface area contributed by atoms with Gasteiger partial charge < -0.3 is 9.42 Å². The van der Waals surface area contributed by atoms with Crippen LogP contribution in [0.2, 0.25) is 0 Å². The fourth-order valence-electron chi connectivity index (χ4n) is 4.69. The number of piperazine rings is 1. The van der Waals surface area contributed by atoms with Crippen LogP contribution in [0.5, 0.6) is 0 Å². The van der Waals surface area contributed by atoms with E-state index in [1.807, 2.05) is 18.2 Å². The van der Waals surface area contributed by atoms with E-state index in [0.717, 1.165) is 50.0 Å². The first-order valence-corrected chi connectivity index (χ1v) is 11.1. The minimum Gasteiger partial charge on any atom is -0.340 e. The lowest BCUT2D eigenvalue weighted by atomic mass is 9.88. The standard InChI is InChI=1S/C24H28N4O2/c29-24(19-7-2-1-3-8-19)28-14-12-27(13-15-28)17-22-25-23(30-26-22)21-11-10-18-6-4-5-9-20(18)16-21/h4-6,9-11,16,19H,1-3,7-8,12-15,17H2. The highest BCUT2D eigenvalue weighted by Gasteiger charge is 2.28. The molecule has 3 aromatic rings. The minimum absolute atomic E-state index is 0.256. The summed E-state index contributed by atoms with van der Waals surface area (Å²) in [6.45, 7) is 3.97. The van der Waals surface area contributed by atoms with Crippen LogP contribution in [0.1, 0.15) is 37.9 Å². The molecule has 0 atom stereocenters. The molecule has 0 unspecified atom stereocenters. The molecule has 2 aliphatic rings. The van der Waals surface area contributed by atoms with E-state index in [9.17, 15) is 4.79 Å². The summed E-state index contributed by atoms with van der Waals surface area (Å²) in [5.74, 6) is 1.88. The number of nitrogens with zero attached hydrogens (tertiary/aromatic N) is 4. The van der Waals surface area contributed by atoms with Gasteiger partial charge in [0.2, 0.25) is 5.91 Å². The summed E-state index contributed by atoms with van der Waals surface area (Å²) in [6.07, 6.45) is 5.82. The summed E-state index contributed by atoms with van der Waals surface area (Å²) >= 11 is 0. The summed E-state index contributed by atoms with van der Waals surface area (Å²) in [4.78, 5) is 21.7. The Hall–Kier alpha value is -2.73. The average molecular weight is 405 g/mol. The molecule has 6 nitrogen and oxygen atoms in total. The summed E-state index contributed by atoms with van der Waals surface area (Å²) < 4.78 is 5.53. The predicted molar refractivity (Wildman–Crippen MR) is 116 cm³/mol. The molecule has 2 fully saturated rings. The molecular formula is C24H28N4O2. The molecule has 1 aromatic heterocycles. The first-order valence-electron chi connectivity index (χ1n) is 11.1. The summed E-state index contributed by atoms with van der Waals surface area (Å²) in [5, 5.41) is 6.54. The molecular weight excluding hydrogens is 376 g/mol. The number of aromatic nitrogens is 2. The van der Waals surface area contributed by atoms with Gasteiger partial charge in [-0.25, -0.2) is 0 Å². The van der Waals surface area contributed by atoms with Crippen molar-refractivity contribution in [3.05, 3.63) is 48.3 Å². The maximum atomic E-state index is 12.7. The lowest BCUT2D eigenvalue weighted by Gasteiger charge is -2.36. The number of benzene rings is 2. The molecule has 2 aromatic carbocycles. The Morgan fingerprint density at radius 3 is 2.53 bits per heavy atom. The molecule has 5 rings (SSSR count). The lowest BCUT2D eigenvalue weighted by Crippen LogP contribution is -2.50. The van der Waals surface area contributed by atoms with Crippen molar-refractivity contribution in [2.24, 2.45) is 5.92 Å². The second-order valence-corrected chi connectivity index (χ2v) is 8.51. The number of hydrogen-bond acceptors (Lipinski definition) is 5. The van der Waals surface area contributed by atoms with Gasteiger partial charge in [-0.05, 0) is 35.7 Å². The van der Waals surface area contributed by atoms with Crippen LogP contribution in [0.4, 0.5) is 0 Å². The summed E-state index contributed by atoms with van der Waals surface area (Å²) in [6, 6.07) is 14.4. The van der Waals surface area contributed by atoms with Crippen molar-refractivity contribution in [2.45, 2.75) is 38.6 Å². The lowest BCUT2D eigenvalue weighted by molar-refractivity contribution is -0.138. The molecule has 0 radical (unpaired) electrons. The van der Waals surface area contributed by atoms with Gasteiger partial charge in [-0.2, -0.15) is 4.98 Å². The summed E-state index contributed by atoms with van der Waals surface area (Å²) in [5.41, 5.74) is 0.940. The van der Waals surface area contributed by atoms with E-state index in [1.165, 1.54) is 24.6 Å². The topological polar surface area (TPSA) is 62.5 Å². The van der Waals surface area contributed by atoms with Gasteiger partial charge in [-0.15, -0.1) is 0 Å². The smallest absolute Gasteiger partial charge is 0.257 e. The van der Waals surface area contributed by atoms with E-state index < -0.39 is 0 Å². The van der Waals surface area contributed by atoms with E-state index in [1.54, 1.807) is 0 Å². The van der Waals surface area contributed by atoms with Crippen LogP contribution in [-0.4, -0.2) is 52.0 Å². The second-order valence-electron chi connectivity index (χ2n) is 8.51. The van der Waals surface area contributed by atoms with Gasteiger partial charge in [0.15, 0.2) is 5.82 Å². The minimum atomic E-state index is 0.256. The van der Waals surface area contributed by atoms with Crippen LogP contribution in [0.15, 0.2) is 47.0 Å². The van der Waals surface area contributed by atoms with Gasteiger partial charge in [0, 0.05) is 37.7 Å². The fourth-order valence-corrected chi connectivity index (χ4v) is 4.69. The molecule has 6 heteroatoms. The van der Waals surface area contributed by atoms with E-state index in [2.05, 4.69) is 44.2 Å². The highest BCUT2D eigenvalue weighted by atomic mass is 16.5. The van der Waals surface area contributed by atoms with E-state index in [4.69, 9.17) is 4.52 Å². The van der Waals surface area contributed by atoms with Crippen molar-refractivity contribution < 1.29 is 9.32 Å². The summed E-state index contributed by atoms with van der Waals surface area (Å²) in [7, 11) is 0. The van der Waals surface area contributed by atoms with Crippen LogP contribution in [-0.2, 0) is 11.3 Å². The van der Waals surface area contributed by atoms with Gasteiger partial charge in [0.05, 0.1) is 6.54 Å². The van der Waals surface area contributed by atoms with Crippen molar-refractivity contribution in [2.75, 3.05) is 26.2 Å². The normalized spacial score (nSPS) is 18.7. The molecule has 0 bridgehead atoms. The van der Waals surface area contributed by atoms with Gasteiger partial charge in [-0.3, -0.25) is 9.69 Å². The Kier molecular flexibility index (Phi) is 5.49. The molecule has 1 aliphatic heterocycles. The molecule has 0 spiro atoms. The number of rotatable bonds is 4. The Bertz CT molecular complexity index is 1020. The van der Waals surface area contributed by atoms with Gasteiger partial charge in [-0.1, -0.05) is 54.8 Å². The van der Waals surface area contributed by atoms with Crippen molar-refractivity contribution >= 4 is 16.7 Å². The molecule has 30 heavy (non-hydrogen) atoms. The zero-order valence-electron chi connectivity index (χ0n) is 17.3. The Labute approximate surface area is 176 Å². The van der Waals surface area contributed by atoms with Crippen LogP contribution in [0, 0.1) is 5.92 Å². The van der Waals surface area contributed by atoms with Crippen LogP contribution >= 0.6 is 0 Å². The average Bonchev–Trinajstić information content (AvgIpc) is 3.28. The third-order valence-corrected chi connectivity index (χ3v) is 6.47. The Balaban J connectivity index is 1.18. The van der Waals surface area contributed by atoms with Crippen molar-refractivity contribution in [1.82, 2.24) is 19.9 Å². The largest absolute Gasteiger partial charge is 0.340 e. The molecule has 1 amide bonds. The van der Waals surface area contributed by atoms with Crippen LogP contribution < -0.4 is 0 Å². The SMILES string of the molecule is O=C(C1CCCCC1)N1CCN(Cc2noc(-c3ccc4ccccc4c3)n2)CC1. The monoisotopic (exact) mass is 404 g/mol. The zero-order valence-corrected chi connectivity index (χ0v) is 17.3. The molecule has 156 valence electrons. The van der Waals surface area contributed by atoms with Crippen molar-refractivity contribution in [3.8, 4) is 11.5 Å². The predicted octanol–water partition coefficient (Wildman–Crippen LogP) is 4.11. The van der Waals surface area contributed by atoms with Crippen molar-refractivity contribution in [3.63, 3.8) is 0 Å². The highest BCUT2D eigenvalue weighted by Crippen LogP contribution is 2.26. The highest BCUT2D eigenvalue weighted by molar-refractivity contribution is 5.86. The number of amides is 1. The number of carbonyl (C=O) groups excluding carboxylic acids is 1. The van der Waals surface area contributed by atoms with Crippen LogP contribution in [0.25, 0.3) is 22.2 Å². The Morgan fingerprint density at radius 1 is 0.967 bits per heavy atom. The third kappa shape index (κ3) is 4.10. The Morgan fingerprint density at radius 2 is 1.73 bits per heavy atom. The fraction of sp³-hybridized carbons (Fsp3) is 0.458. The third-order valence-electron chi connectivity index (χ3n) is 6.47. The maximum Gasteiger partial charge on any atom is 0.257 e. The second kappa shape index (κ2) is 8.56. The van der Waals surface area contributed by atoms with E-state index >= 15 is 0 Å². The van der Waals surface area contributed by atoms with Crippen molar-refractivity contribution in [1.29, 1.82) is 0 Å².